The SMILES string of the molecule is COCCOCCN1/C(=C/C=C2\CCCC(/C=C/C3=[N+](CCCCCC(=O)O)c4ccc(S(=O)(=O)[O-])cc4C3(C)CCCS(=O)(=O)[O-])=C2Cl)C(C)(CCCS(=O)(=O)[O-])c2cc(S(=O)(=O)[O-])ccc21. The molecule has 68 heavy (non-hydrogen) atoms. The Bertz CT molecular complexity index is 2860. The van der Waals surface area contributed by atoms with E-state index in [4.69, 9.17) is 21.1 Å². The van der Waals surface area contributed by atoms with E-state index in [0.717, 1.165) is 0 Å². The molecule has 0 fully saturated rings. The van der Waals surface area contributed by atoms with Crippen molar-refractivity contribution in [2.45, 2.75) is 105 Å². The number of nitrogens with zero attached hydrogens (tertiary/aromatic N) is 2. The number of anilines is 1. The van der Waals surface area contributed by atoms with E-state index in [2.05, 4.69) is 0 Å². The maximum absolute atomic E-state index is 12.2. The molecular weight excluding hydrogens is 988 g/mol. The summed E-state index contributed by atoms with van der Waals surface area (Å²) >= 11 is 7.21. The number of methoxy groups -OCH3 is 1. The summed E-state index contributed by atoms with van der Waals surface area (Å²) in [5, 5.41) is 9.58. The van der Waals surface area contributed by atoms with Gasteiger partial charge in [0.1, 0.15) is 26.8 Å². The monoisotopic (exact) mass is 1040 g/mol. The Morgan fingerprint density at radius 1 is 0.779 bits per heavy atom. The molecule has 5 rings (SSSR count). The van der Waals surface area contributed by atoms with Crippen molar-refractivity contribution in [1.29, 1.82) is 0 Å². The second kappa shape index (κ2) is 22.5. The van der Waals surface area contributed by atoms with Gasteiger partial charge in [0.25, 0.3) is 0 Å². The van der Waals surface area contributed by atoms with Gasteiger partial charge in [-0.1, -0.05) is 23.8 Å². The topological polar surface area (TPSA) is 291 Å². The Balaban J connectivity index is 1.62. The van der Waals surface area contributed by atoms with Crippen molar-refractivity contribution < 1.29 is 75.8 Å². The lowest BCUT2D eigenvalue weighted by Gasteiger charge is -2.31. The van der Waals surface area contributed by atoms with Crippen LogP contribution < -0.4 is 4.90 Å². The molecule has 23 heteroatoms. The molecule has 2 atom stereocenters. The van der Waals surface area contributed by atoms with E-state index in [0.29, 0.717) is 102 Å². The molecule has 0 saturated heterocycles. The van der Waals surface area contributed by atoms with Crippen molar-refractivity contribution in [1.82, 2.24) is 0 Å². The smallest absolute Gasteiger partial charge is 0.303 e. The van der Waals surface area contributed by atoms with Gasteiger partial charge in [-0.2, -0.15) is 4.58 Å². The van der Waals surface area contributed by atoms with Gasteiger partial charge in [-0.25, -0.2) is 33.7 Å². The summed E-state index contributed by atoms with van der Waals surface area (Å²) in [6.45, 7) is 4.95. The molecule has 0 radical (unpaired) electrons. The highest BCUT2D eigenvalue weighted by Gasteiger charge is 2.48. The number of rotatable bonds is 25. The number of hydrogen-bond donors (Lipinski definition) is 1. The number of ether oxygens (including phenoxy) is 2. The van der Waals surface area contributed by atoms with Crippen LogP contribution in [0.3, 0.4) is 0 Å². The van der Waals surface area contributed by atoms with Crippen molar-refractivity contribution in [2.75, 3.05) is 56.4 Å². The van der Waals surface area contributed by atoms with E-state index in [1.807, 2.05) is 21.6 Å². The lowest BCUT2D eigenvalue weighted by molar-refractivity contribution is -0.438. The van der Waals surface area contributed by atoms with E-state index in [9.17, 15) is 61.8 Å². The van der Waals surface area contributed by atoms with Crippen molar-refractivity contribution >= 4 is 75.1 Å². The summed E-state index contributed by atoms with van der Waals surface area (Å²) in [5.41, 5.74) is 2.36. The molecule has 0 amide bonds. The van der Waals surface area contributed by atoms with Gasteiger partial charge in [0.2, 0.25) is 5.69 Å². The summed E-state index contributed by atoms with van der Waals surface area (Å²) in [6.07, 6.45) is 10.3. The van der Waals surface area contributed by atoms with Crippen molar-refractivity contribution in [3.05, 3.63) is 93.7 Å². The van der Waals surface area contributed by atoms with E-state index >= 15 is 0 Å². The third-order valence-electron chi connectivity index (χ3n) is 12.6. The Hall–Kier alpha value is -3.81. The predicted octanol–water partition coefficient (Wildman–Crippen LogP) is 5.63. The quantitative estimate of drug-likeness (QED) is 0.0716. The van der Waals surface area contributed by atoms with Crippen LogP contribution >= 0.6 is 11.6 Å². The van der Waals surface area contributed by atoms with Gasteiger partial charge >= 0.3 is 5.97 Å². The zero-order valence-electron chi connectivity index (χ0n) is 38.0. The molecule has 2 heterocycles. The number of halogens is 1. The van der Waals surface area contributed by atoms with E-state index in [1.165, 1.54) is 43.5 Å². The number of carboxylic acid groups (broad SMARTS) is 1. The second-order valence-corrected chi connectivity index (χ2v) is 23.6. The van der Waals surface area contributed by atoms with Crippen molar-refractivity contribution in [3.8, 4) is 0 Å². The first-order chi connectivity index (χ1) is 31.7. The van der Waals surface area contributed by atoms with Crippen LogP contribution in [0.15, 0.2) is 92.4 Å². The van der Waals surface area contributed by atoms with Crippen LogP contribution in [-0.2, 0) is 65.6 Å². The van der Waals surface area contributed by atoms with Gasteiger partial charge in [0, 0.05) is 77.5 Å². The summed E-state index contributed by atoms with van der Waals surface area (Å²) in [4.78, 5) is 12.1. The zero-order chi connectivity index (χ0) is 50.3. The Kier molecular flexibility index (Phi) is 18.2. The van der Waals surface area contributed by atoms with Gasteiger partial charge in [-0.05, 0) is 125 Å². The first-order valence-electron chi connectivity index (χ1n) is 22.0. The fourth-order valence-electron chi connectivity index (χ4n) is 9.28. The Morgan fingerprint density at radius 3 is 2.00 bits per heavy atom. The molecule has 18 nitrogen and oxygen atoms in total. The second-order valence-electron chi connectivity index (χ2n) is 17.4. The number of unbranched alkanes of at least 4 members (excludes halogenated alkanes) is 2. The molecule has 0 bridgehead atoms. The van der Waals surface area contributed by atoms with Crippen molar-refractivity contribution in [3.63, 3.8) is 0 Å². The van der Waals surface area contributed by atoms with Gasteiger partial charge < -0.3 is 37.7 Å². The number of allylic oxidation sites excluding steroid dienone is 8. The highest BCUT2D eigenvalue weighted by molar-refractivity contribution is 7.86. The number of aliphatic carboxylic acids is 1. The highest BCUT2D eigenvalue weighted by Crippen LogP contribution is 2.52. The maximum atomic E-state index is 12.2. The van der Waals surface area contributed by atoms with Crippen LogP contribution in [0.2, 0.25) is 0 Å². The van der Waals surface area contributed by atoms with Crippen LogP contribution in [0.1, 0.15) is 95.6 Å². The molecule has 376 valence electrons. The number of benzene rings is 2. The number of carboxylic acids is 1. The van der Waals surface area contributed by atoms with Crippen LogP contribution in [-0.4, -0.2) is 125 Å². The minimum absolute atomic E-state index is 0.0374. The maximum Gasteiger partial charge on any atom is 0.303 e. The Morgan fingerprint density at radius 2 is 1.40 bits per heavy atom. The molecule has 3 aliphatic rings. The zero-order valence-corrected chi connectivity index (χ0v) is 42.0. The van der Waals surface area contributed by atoms with Gasteiger partial charge in [-0.3, -0.25) is 4.79 Å². The number of fused-ring (bicyclic) bond motifs is 2. The largest absolute Gasteiger partial charge is 0.748 e. The molecule has 1 N–H and O–H groups in total. The third kappa shape index (κ3) is 14.0. The fourth-order valence-corrected chi connectivity index (χ4v) is 11.6. The number of carbonyl (C=O) groups is 1. The lowest BCUT2D eigenvalue weighted by Crippen LogP contribution is -2.32. The Labute approximate surface area is 404 Å². The molecule has 2 aliphatic heterocycles. The predicted molar refractivity (Wildman–Crippen MR) is 249 cm³/mol. The average molecular weight is 1040 g/mol. The van der Waals surface area contributed by atoms with Gasteiger partial charge in [0.05, 0.1) is 55.3 Å². The van der Waals surface area contributed by atoms with Gasteiger partial charge in [0.15, 0.2) is 5.71 Å². The molecule has 1 aliphatic carbocycles. The van der Waals surface area contributed by atoms with Crippen LogP contribution in [0.4, 0.5) is 11.4 Å². The molecule has 0 aromatic heterocycles. The first-order valence-corrected chi connectivity index (χ1v) is 28.3. The van der Waals surface area contributed by atoms with Crippen LogP contribution in [0.5, 0.6) is 0 Å². The van der Waals surface area contributed by atoms with Crippen molar-refractivity contribution in [2.24, 2.45) is 0 Å². The third-order valence-corrected chi connectivity index (χ3v) is 16.4. The van der Waals surface area contributed by atoms with E-state index < -0.39 is 78.6 Å². The minimum atomic E-state index is -4.91. The normalized spacial score (nSPS) is 21.4. The molecule has 0 saturated carbocycles. The summed E-state index contributed by atoms with van der Waals surface area (Å²) in [7, 11) is -17.5. The number of hydrogen-bond acceptors (Lipinski definition) is 16. The standard InChI is InChI=1S/C45H59ClN2O16S4/c1-44(21-8-28-65(51,52)53)36-30-34(67(57,58)59)15-17-38(36)47(23-6-4-5-12-42(49)50)40(44)19-13-32-10-7-11-33(43(32)46)14-20-41-45(2,22-9-29-66(54,55)56)37-31-35(68(60,61)62)16-18-39(37)48(41)24-25-64-27-26-63-3/h13-20,30-31H,4-12,21-29H2,1-3H3,(H4-,49,50,51,52,53,54,55,56,57,58,59,60,61,62)/p-3. The lowest BCUT2D eigenvalue weighted by atomic mass is 9.75. The van der Waals surface area contributed by atoms with Crippen LogP contribution in [0.25, 0.3) is 0 Å². The van der Waals surface area contributed by atoms with E-state index in [1.54, 1.807) is 26.0 Å². The fraction of sp³-hybridized carbons (Fsp3) is 0.511. The highest BCUT2D eigenvalue weighted by atomic mass is 35.5. The summed E-state index contributed by atoms with van der Waals surface area (Å²) < 4.78 is 157. The first kappa shape index (κ1) is 55.1. The minimum Gasteiger partial charge on any atom is -0.748 e. The van der Waals surface area contributed by atoms with Crippen LogP contribution in [0, 0.1) is 0 Å². The van der Waals surface area contributed by atoms with E-state index in [-0.39, 0.29) is 51.9 Å². The average Bonchev–Trinajstić information content (AvgIpc) is 3.60. The molecular formula is C45H56ClN2O16S4-3. The molecule has 0 spiro atoms. The van der Waals surface area contributed by atoms with Gasteiger partial charge in [-0.15, -0.1) is 0 Å². The molecule has 2 aromatic carbocycles. The molecule has 2 unspecified atom stereocenters. The summed E-state index contributed by atoms with van der Waals surface area (Å²) in [6, 6.07) is 7.96. The molecule has 2 aromatic rings. The summed E-state index contributed by atoms with van der Waals surface area (Å²) in [5.74, 6) is -2.31.